The summed E-state index contributed by atoms with van der Waals surface area (Å²) in [4.78, 5) is 29.3. The Morgan fingerprint density at radius 1 is 0.815 bits per heavy atom. The molecule has 0 fully saturated rings. The summed E-state index contributed by atoms with van der Waals surface area (Å²) in [6.45, 7) is 0. The number of halogens is 2. The van der Waals surface area contributed by atoms with E-state index in [0.717, 1.165) is 0 Å². The molecule has 0 saturated carbocycles. The molecule has 6 heteroatoms. The second-order valence-electron chi connectivity index (χ2n) is 6.56. The molecule has 27 heavy (non-hydrogen) atoms. The first-order chi connectivity index (χ1) is 13.0. The van der Waals surface area contributed by atoms with Crippen LogP contribution in [0.15, 0.2) is 58.1 Å². The van der Waals surface area contributed by atoms with Crippen molar-refractivity contribution in [1.29, 1.82) is 0 Å². The van der Waals surface area contributed by atoms with Crippen LogP contribution in [0, 0.1) is 0 Å². The lowest BCUT2D eigenvalue weighted by Gasteiger charge is -2.13. The molecule has 0 unspecified atom stereocenters. The molecule has 2 heterocycles. The number of nitrogens with one attached hydrogen (secondary N) is 1. The number of hydrogen-bond acceptors (Lipinski definition) is 2. The lowest BCUT2D eigenvalue weighted by Crippen LogP contribution is -2.11. The Labute approximate surface area is 162 Å². The number of benzene rings is 3. The van der Waals surface area contributed by atoms with Crippen LogP contribution in [-0.4, -0.2) is 9.55 Å². The van der Waals surface area contributed by atoms with Gasteiger partial charge in [-0.2, -0.15) is 0 Å². The molecule has 0 saturated heterocycles. The summed E-state index contributed by atoms with van der Waals surface area (Å²) in [6.07, 6.45) is 0. The number of aryl methyl sites for hydroxylation is 1. The van der Waals surface area contributed by atoms with Gasteiger partial charge in [0.15, 0.2) is 10.9 Å². The monoisotopic (exact) mass is 394 g/mol. The highest BCUT2D eigenvalue weighted by Crippen LogP contribution is 2.28. The van der Waals surface area contributed by atoms with Crippen LogP contribution in [-0.2, 0) is 7.05 Å². The van der Waals surface area contributed by atoms with E-state index in [-0.39, 0.29) is 10.9 Å². The Bertz CT molecular complexity index is 1550. The largest absolute Gasteiger partial charge is 0.353 e. The summed E-state index contributed by atoms with van der Waals surface area (Å²) in [5.74, 6) is 0. The molecule has 0 atom stereocenters. The number of H-pyrrole nitrogens is 1. The molecule has 5 aromatic rings. The Morgan fingerprint density at radius 3 is 2.26 bits per heavy atom. The Balaban J connectivity index is 2.08. The zero-order valence-electron chi connectivity index (χ0n) is 14.1. The second kappa shape index (κ2) is 5.59. The van der Waals surface area contributed by atoms with Crippen molar-refractivity contribution >= 4 is 66.8 Å². The number of pyridine rings is 2. The van der Waals surface area contributed by atoms with Crippen molar-refractivity contribution in [3.63, 3.8) is 0 Å². The maximum atomic E-state index is 13.1. The second-order valence-corrected chi connectivity index (χ2v) is 7.37. The van der Waals surface area contributed by atoms with E-state index in [9.17, 15) is 9.59 Å². The third-order valence-electron chi connectivity index (χ3n) is 5.07. The van der Waals surface area contributed by atoms with Gasteiger partial charge in [0.05, 0.1) is 32.1 Å². The zero-order valence-corrected chi connectivity index (χ0v) is 15.7. The van der Waals surface area contributed by atoms with Crippen molar-refractivity contribution < 1.29 is 0 Å². The maximum absolute atomic E-state index is 13.1. The Hall–Kier alpha value is -2.82. The standard InChI is InChI=1S/C21H12Cl2N2O2/c1-25-17-9-12-16(24-18-10(20(12)26)4-2-6-14(18)22)8-13(17)21(27)11-5-3-7-15(23)19(11)25/h2-9H,1H3,(H,24,26). The molecule has 132 valence electrons. The van der Waals surface area contributed by atoms with Crippen molar-refractivity contribution in [2.24, 2.45) is 7.05 Å². The predicted octanol–water partition coefficient (Wildman–Crippen LogP) is 4.99. The van der Waals surface area contributed by atoms with Crippen LogP contribution < -0.4 is 10.9 Å². The third-order valence-corrected chi connectivity index (χ3v) is 5.69. The third kappa shape index (κ3) is 2.17. The summed E-state index contributed by atoms with van der Waals surface area (Å²) >= 11 is 12.6. The number of nitrogens with zero attached hydrogens (tertiary/aromatic N) is 1. The first kappa shape index (κ1) is 16.4. The van der Waals surface area contributed by atoms with E-state index in [1.807, 2.05) is 11.6 Å². The van der Waals surface area contributed by atoms with Gasteiger partial charge < -0.3 is 9.55 Å². The van der Waals surface area contributed by atoms with E-state index < -0.39 is 0 Å². The normalized spacial score (nSPS) is 11.8. The van der Waals surface area contributed by atoms with E-state index in [0.29, 0.717) is 53.7 Å². The number of fused-ring (bicyclic) bond motifs is 4. The van der Waals surface area contributed by atoms with Crippen molar-refractivity contribution in [3.05, 3.63) is 79.0 Å². The van der Waals surface area contributed by atoms with Crippen LogP contribution in [0.3, 0.4) is 0 Å². The van der Waals surface area contributed by atoms with Gasteiger partial charge in [0, 0.05) is 28.6 Å². The Kier molecular flexibility index (Phi) is 3.39. The predicted molar refractivity (Wildman–Crippen MR) is 112 cm³/mol. The first-order valence-electron chi connectivity index (χ1n) is 8.32. The highest BCUT2D eigenvalue weighted by molar-refractivity contribution is 6.35. The van der Waals surface area contributed by atoms with Gasteiger partial charge in [-0.25, -0.2) is 0 Å². The molecule has 4 nitrogen and oxygen atoms in total. The van der Waals surface area contributed by atoms with Crippen molar-refractivity contribution in [2.45, 2.75) is 0 Å². The van der Waals surface area contributed by atoms with E-state index in [1.165, 1.54) is 0 Å². The molecule has 0 aliphatic heterocycles. The highest BCUT2D eigenvalue weighted by atomic mass is 35.5. The van der Waals surface area contributed by atoms with Gasteiger partial charge in [0.25, 0.3) is 0 Å². The van der Waals surface area contributed by atoms with Gasteiger partial charge >= 0.3 is 0 Å². The summed E-state index contributed by atoms with van der Waals surface area (Å²) < 4.78 is 1.86. The Morgan fingerprint density at radius 2 is 1.48 bits per heavy atom. The molecule has 0 aliphatic rings. The number of para-hydroxylation sites is 2. The van der Waals surface area contributed by atoms with E-state index >= 15 is 0 Å². The van der Waals surface area contributed by atoms with Crippen molar-refractivity contribution in [3.8, 4) is 0 Å². The van der Waals surface area contributed by atoms with Crippen LogP contribution in [0.2, 0.25) is 10.0 Å². The number of rotatable bonds is 0. The van der Waals surface area contributed by atoms with Crippen LogP contribution in [0.25, 0.3) is 43.6 Å². The number of aromatic nitrogens is 2. The molecule has 0 spiro atoms. The number of hydrogen-bond donors (Lipinski definition) is 1. The minimum Gasteiger partial charge on any atom is -0.353 e. The first-order valence-corrected chi connectivity index (χ1v) is 9.08. The average molecular weight is 395 g/mol. The van der Waals surface area contributed by atoms with Gasteiger partial charge in [-0.05, 0) is 36.4 Å². The van der Waals surface area contributed by atoms with Crippen LogP contribution in [0.5, 0.6) is 0 Å². The topological polar surface area (TPSA) is 54.9 Å². The molecule has 0 aliphatic carbocycles. The van der Waals surface area contributed by atoms with Gasteiger partial charge in [0.1, 0.15) is 0 Å². The summed E-state index contributed by atoms with van der Waals surface area (Å²) in [7, 11) is 1.84. The van der Waals surface area contributed by atoms with Crippen LogP contribution in [0.1, 0.15) is 0 Å². The minimum absolute atomic E-state index is 0.123. The molecular formula is C21H12Cl2N2O2. The van der Waals surface area contributed by atoms with Gasteiger partial charge in [0.2, 0.25) is 0 Å². The van der Waals surface area contributed by atoms with Gasteiger partial charge in [-0.15, -0.1) is 0 Å². The molecule has 0 radical (unpaired) electrons. The lowest BCUT2D eigenvalue weighted by molar-refractivity contribution is 1.00. The highest BCUT2D eigenvalue weighted by Gasteiger charge is 2.15. The van der Waals surface area contributed by atoms with Crippen LogP contribution in [0.4, 0.5) is 0 Å². The smallest absolute Gasteiger partial charge is 0.197 e. The van der Waals surface area contributed by atoms with E-state index in [1.54, 1.807) is 48.5 Å². The lowest BCUT2D eigenvalue weighted by atomic mass is 10.0. The van der Waals surface area contributed by atoms with E-state index in [4.69, 9.17) is 23.2 Å². The zero-order chi connectivity index (χ0) is 18.9. The molecular weight excluding hydrogens is 383 g/mol. The van der Waals surface area contributed by atoms with Gasteiger partial charge in [-0.1, -0.05) is 35.3 Å². The fourth-order valence-electron chi connectivity index (χ4n) is 3.76. The molecule has 1 N–H and O–H groups in total. The molecule has 0 amide bonds. The molecule has 0 bridgehead atoms. The SMILES string of the molecule is Cn1c2cc3c(=O)c4cccc(Cl)c4[nH]c3cc2c(=O)c2cccc(Cl)c21. The fourth-order valence-corrected chi connectivity index (χ4v) is 4.29. The van der Waals surface area contributed by atoms with Crippen LogP contribution >= 0.6 is 23.2 Å². The number of aromatic amines is 1. The maximum Gasteiger partial charge on any atom is 0.197 e. The summed E-state index contributed by atoms with van der Waals surface area (Å²) in [5, 5.41) is 3.02. The summed E-state index contributed by atoms with van der Waals surface area (Å²) in [5.41, 5.74) is 2.19. The molecule has 5 rings (SSSR count). The van der Waals surface area contributed by atoms with Gasteiger partial charge in [-0.3, -0.25) is 9.59 Å². The molecule has 2 aromatic heterocycles. The molecule has 3 aromatic carbocycles. The van der Waals surface area contributed by atoms with Crippen molar-refractivity contribution in [1.82, 2.24) is 9.55 Å². The average Bonchev–Trinajstić information content (AvgIpc) is 2.66. The van der Waals surface area contributed by atoms with E-state index in [2.05, 4.69) is 4.98 Å². The minimum atomic E-state index is -0.130. The fraction of sp³-hybridized carbons (Fsp3) is 0.0476. The summed E-state index contributed by atoms with van der Waals surface area (Å²) in [6, 6.07) is 13.9. The quantitative estimate of drug-likeness (QED) is 0.376. The van der Waals surface area contributed by atoms with Crippen molar-refractivity contribution in [2.75, 3.05) is 0 Å².